The second-order valence-electron chi connectivity index (χ2n) is 5.01. The van der Waals surface area contributed by atoms with E-state index in [0.29, 0.717) is 6.04 Å². The van der Waals surface area contributed by atoms with E-state index in [2.05, 4.69) is 26.1 Å². The summed E-state index contributed by atoms with van der Waals surface area (Å²) in [5, 5.41) is 3.52. The molecule has 18 heavy (non-hydrogen) atoms. The summed E-state index contributed by atoms with van der Waals surface area (Å²) in [7, 11) is 0. The highest BCUT2D eigenvalue weighted by atomic mass is 16.5. The molecule has 0 saturated carbocycles. The second-order valence-corrected chi connectivity index (χ2v) is 5.01. The van der Waals surface area contributed by atoms with Crippen LogP contribution in [-0.2, 0) is 0 Å². The summed E-state index contributed by atoms with van der Waals surface area (Å²) in [4.78, 5) is 0. The first-order chi connectivity index (χ1) is 8.76. The van der Waals surface area contributed by atoms with E-state index in [4.69, 9.17) is 4.74 Å². The van der Waals surface area contributed by atoms with E-state index in [1.54, 1.807) is 0 Å². The lowest BCUT2D eigenvalue weighted by molar-refractivity contribution is 0.240. The summed E-state index contributed by atoms with van der Waals surface area (Å²) in [5.41, 5.74) is 0. The zero-order valence-electron chi connectivity index (χ0n) is 12.0. The molecule has 102 valence electrons. The average Bonchev–Trinajstić information content (AvgIpc) is 2.38. The topological polar surface area (TPSA) is 21.3 Å². The molecule has 0 heterocycles. The van der Waals surface area contributed by atoms with Crippen molar-refractivity contribution in [3.05, 3.63) is 30.3 Å². The molecule has 0 bridgehead atoms. The molecule has 0 saturated heterocycles. The normalized spacial score (nSPS) is 14.2. The van der Waals surface area contributed by atoms with Gasteiger partial charge in [0.25, 0.3) is 0 Å². The largest absolute Gasteiger partial charge is 0.492 e. The van der Waals surface area contributed by atoms with Gasteiger partial charge in [-0.3, -0.25) is 0 Å². The van der Waals surface area contributed by atoms with Crippen LogP contribution in [0.2, 0.25) is 0 Å². The van der Waals surface area contributed by atoms with Gasteiger partial charge in [0.1, 0.15) is 12.4 Å². The zero-order valence-corrected chi connectivity index (χ0v) is 12.0. The Morgan fingerprint density at radius 3 is 2.50 bits per heavy atom. The van der Waals surface area contributed by atoms with Crippen molar-refractivity contribution in [3.63, 3.8) is 0 Å². The number of para-hydroxylation sites is 1. The summed E-state index contributed by atoms with van der Waals surface area (Å²) in [6, 6.07) is 10.5. The third-order valence-electron chi connectivity index (χ3n) is 3.16. The highest BCUT2D eigenvalue weighted by Gasteiger charge is 2.12. The first kappa shape index (κ1) is 15.0. The quantitative estimate of drug-likeness (QED) is 0.717. The maximum Gasteiger partial charge on any atom is 0.119 e. The monoisotopic (exact) mass is 249 g/mol. The number of ether oxygens (including phenoxy) is 1. The Morgan fingerprint density at radius 1 is 1.17 bits per heavy atom. The number of hydrogen-bond donors (Lipinski definition) is 1. The number of hydrogen-bond acceptors (Lipinski definition) is 2. The molecule has 0 aromatic heterocycles. The van der Waals surface area contributed by atoms with Gasteiger partial charge in [-0.15, -0.1) is 0 Å². The number of rotatable bonds is 9. The van der Waals surface area contributed by atoms with Gasteiger partial charge >= 0.3 is 0 Å². The van der Waals surface area contributed by atoms with E-state index in [9.17, 15) is 0 Å². The highest BCUT2D eigenvalue weighted by Crippen LogP contribution is 2.14. The molecule has 1 aromatic rings. The summed E-state index contributed by atoms with van der Waals surface area (Å²) >= 11 is 0. The molecule has 0 spiro atoms. The smallest absolute Gasteiger partial charge is 0.119 e. The molecule has 0 aliphatic carbocycles. The van der Waals surface area contributed by atoms with Gasteiger partial charge < -0.3 is 10.1 Å². The van der Waals surface area contributed by atoms with Crippen LogP contribution in [0, 0.1) is 5.92 Å². The van der Waals surface area contributed by atoms with Gasteiger partial charge in [0, 0.05) is 6.04 Å². The Kier molecular flexibility index (Phi) is 7.51. The molecule has 1 rings (SSSR count). The van der Waals surface area contributed by atoms with E-state index < -0.39 is 0 Å². The summed E-state index contributed by atoms with van der Waals surface area (Å²) in [6.45, 7) is 8.49. The average molecular weight is 249 g/mol. The number of nitrogens with one attached hydrogen (secondary N) is 1. The summed E-state index contributed by atoms with van der Waals surface area (Å²) in [5.74, 6) is 1.72. The molecular weight excluding hydrogens is 222 g/mol. The third-order valence-corrected chi connectivity index (χ3v) is 3.16. The van der Waals surface area contributed by atoms with Crippen LogP contribution >= 0.6 is 0 Å². The zero-order chi connectivity index (χ0) is 13.2. The van der Waals surface area contributed by atoms with Crippen molar-refractivity contribution in [2.75, 3.05) is 13.2 Å². The van der Waals surface area contributed by atoms with E-state index in [1.165, 1.54) is 19.3 Å². The maximum absolute atomic E-state index is 5.84. The molecule has 2 heteroatoms. The maximum atomic E-state index is 5.84. The lowest BCUT2D eigenvalue weighted by Gasteiger charge is -2.22. The van der Waals surface area contributed by atoms with E-state index >= 15 is 0 Å². The van der Waals surface area contributed by atoms with Crippen LogP contribution in [0.15, 0.2) is 30.3 Å². The second kappa shape index (κ2) is 8.98. The lowest BCUT2D eigenvalue weighted by Crippen LogP contribution is -2.36. The van der Waals surface area contributed by atoms with Crippen LogP contribution in [-0.4, -0.2) is 19.2 Å². The van der Waals surface area contributed by atoms with E-state index in [0.717, 1.165) is 24.8 Å². The molecule has 2 nitrogen and oxygen atoms in total. The van der Waals surface area contributed by atoms with Crippen LogP contribution < -0.4 is 10.1 Å². The SMILES string of the molecule is CCCC(C)CC(COc1ccccc1)NCC. The van der Waals surface area contributed by atoms with Crippen LogP contribution in [0.5, 0.6) is 5.75 Å². The van der Waals surface area contributed by atoms with Crippen LogP contribution in [0.25, 0.3) is 0 Å². The van der Waals surface area contributed by atoms with Crippen LogP contribution in [0.3, 0.4) is 0 Å². The molecular formula is C16H27NO. The van der Waals surface area contributed by atoms with Crippen molar-refractivity contribution in [1.82, 2.24) is 5.32 Å². The summed E-state index contributed by atoms with van der Waals surface area (Å²) in [6.07, 6.45) is 3.75. The minimum absolute atomic E-state index is 0.455. The Labute approximate surface area is 112 Å². The lowest BCUT2D eigenvalue weighted by atomic mass is 9.97. The minimum atomic E-state index is 0.455. The van der Waals surface area contributed by atoms with Crippen molar-refractivity contribution in [2.24, 2.45) is 5.92 Å². The molecule has 2 unspecified atom stereocenters. The van der Waals surface area contributed by atoms with Crippen molar-refractivity contribution in [3.8, 4) is 5.75 Å². The third kappa shape index (κ3) is 6.06. The van der Waals surface area contributed by atoms with Crippen LogP contribution in [0.4, 0.5) is 0 Å². The van der Waals surface area contributed by atoms with Gasteiger partial charge in [0.2, 0.25) is 0 Å². The van der Waals surface area contributed by atoms with Gasteiger partial charge in [-0.2, -0.15) is 0 Å². The number of benzene rings is 1. The van der Waals surface area contributed by atoms with Crippen molar-refractivity contribution < 1.29 is 4.74 Å². The fourth-order valence-electron chi connectivity index (χ4n) is 2.31. The fourth-order valence-corrected chi connectivity index (χ4v) is 2.31. The van der Waals surface area contributed by atoms with Crippen LogP contribution in [0.1, 0.15) is 40.0 Å². The fraction of sp³-hybridized carbons (Fsp3) is 0.625. The first-order valence-corrected chi connectivity index (χ1v) is 7.17. The molecule has 1 aromatic carbocycles. The Bertz CT molecular complexity index is 299. The molecule has 0 fully saturated rings. The molecule has 1 N–H and O–H groups in total. The predicted molar refractivity (Wildman–Crippen MR) is 78.1 cm³/mol. The molecule has 2 atom stereocenters. The Hall–Kier alpha value is -1.02. The van der Waals surface area contributed by atoms with Crippen molar-refractivity contribution in [1.29, 1.82) is 0 Å². The Balaban J connectivity index is 2.37. The molecule has 0 aliphatic heterocycles. The molecule has 0 radical (unpaired) electrons. The summed E-state index contributed by atoms with van der Waals surface area (Å²) < 4.78 is 5.84. The van der Waals surface area contributed by atoms with E-state index in [-0.39, 0.29) is 0 Å². The predicted octanol–water partition coefficient (Wildman–Crippen LogP) is 3.87. The molecule has 0 aliphatic rings. The van der Waals surface area contributed by atoms with Crippen molar-refractivity contribution >= 4 is 0 Å². The first-order valence-electron chi connectivity index (χ1n) is 7.17. The van der Waals surface area contributed by atoms with Gasteiger partial charge in [-0.1, -0.05) is 51.8 Å². The standard InChI is InChI=1S/C16H27NO/c1-4-9-14(3)12-15(17-5-2)13-18-16-10-7-6-8-11-16/h6-8,10-11,14-15,17H,4-5,9,12-13H2,1-3H3. The van der Waals surface area contributed by atoms with Gasteiger partial charge in [0.05, 0.1) is 0 Å². The van der Waals surface area contributed by atoms with Gasteiger partial charge in [0.15, 0.2) is 0 Å². The molecule has 0 amide bonds. The minimum Gasteiger partial charge on any atom is -0.492 e. The van der Waals surface area contributed by atoms with Gasteiger partial charge in [-0.25, -0.2) is 0 Å². The Morgan fingerprint density at radius 2 is 1.89 bits per heavy atom. The van der Waals surface area contributed by atoms with E-state index in [1.807, 2.05) is 30.3 Å². The number of likely N-dealkylation sites (N-methyl/N-ethyl adjacent to an activating group) is 1. The van der Waals surface area contributed by atoms with Gasteiger partial charge in [-0.05, 0) is 31.0 Å². The highest BCUT2D eigenvalue weighted by molar-refractivity contribution is 5.20. The van der Waals surface area contributed by atoms with Crippen molar-refractivity contribution in [2.45, 2.75) is 46.1 Å².